The number of amidine groups is 1. The van der Waals surface area contributed by atoms with Crippen molar-refractivity contribution in [3.8, 4) is 5.75 Å². The SMILES string of the molecule is COc1ccc(NC(=O)CC2SC(=NS(=O)(=O)c3ccc(Cl)s3)N(c3ccccc3)C2=O)cc1. The number of sulfonamides is 1. The molecule has 34 heavy (non-hydrogen) atoms. The fraction of sp³-hybridized carbons (Fsp3) is 0.136. The van der Waals surface area contributed by atoms with Gasteiger partial charge in [0.2, 0.25) is 11.8 Å². The third-order valence-electron chi connectivity index (χ3n) is 4.69. The number of halogens is 1. The van der Waals surface area contributed by atoms with E-state index in [0.717, 1.165) is 23.1 Å². The lowest BCUT2D eigenvalue weighted by atomic mass is 10.2. The Hall–Kier alpha value is -2.86. The summed E-state index contributed by atoms with van der Waals surface area (Å²) >= 11 is 7.69. The molecule has 12 heteroatoms. The first-order valence-corrected chi connectivity index (χ1v) is 13.4. The summed E-state index contributed by atoms with van der Waals surface area (Å²) in [6, 6.07) is 18.2. The Morgan fingerprint density at radius 3 is 2.44 bits per heavy atom. The maximum absolute atomic E-state index is 13.2. The van der Waals surface area contributed by atoms with Crippen LogP contribution >= 0.6 is 34.7 Å². The first-order valence-electron chi connectivity index (χ1n) is 9.87. The quantitative estimate of drug-likeness (QED) is 0.473. The molecule has 2 aromatic carbocycles. The van der Waals surface area contributed by atoms with Gasteiger partial charge in [-0.15, -0.1) is 15.7 Å². The first kappa shape index (κ1) is 24.3. The number of nitrogens with zero attached hydrogens (tertiary/aromatic N) is 2. The van der Waals surface area contributed by atoms with Gasteiger partial charge in [0.05, 0.1) is 17.1 Å². The van der Waals surface area contributed by atoms with Crippen LogP contribution in [0.2, 0.25) is 4.34 Å². The summed E-state index contributed by atoms with van der Waals surface area (Å²) in [5.41, 5.74) is 1.00. The van der Waals surface area contributed by atoms with Crippen molar-refractivity contribution < 1.29 is 22.7 Å². The Kier molecular flexibility index (Phi) is 7.27. The van der Waals surface area contributed by atoms with Gasteiger partial charge in [-0.3, -0.25) is 14.5 Å². The summed E-state index contributed by atoms with van der Waals surface area (Å²) in [5.74, 6) is -0.176. The van der Waals surface area contributed by atoms with Gasteiger partial charge in [-0.05, 0) is 48.5 Å². The molecular weight excluding hydrogens is 518 g/mol. The van der Waals surface area contributed by atoms with Crippen LogP contribution in [0.25, 0.3) is 0 Å². The fourth-order valence-electron chi connectivity index (χ4n) is 3.11. The molecular formula is C22H18ClN3O5S3. The number of anilines is 2. The third-order valence-corrected chi connectivity index (χ3v) is 8.91. The fourth-order valence-corrected chi connectivity index (χ4v) is 6.91. The van der Waals surface area contributed by atoms with Crippen LogP contribution in [0.3, 0.4) is 0 Å². The Morgan fingerprint density at radius 2 is 1.82 bits per heavy atom. The van der Waals surface area contributed by atoms with Crippen LogP contribution in [0.1, 0.15) is 6.42 Å². The summed E-state index contributed by atoms with van der Waals surface area (Å²) in [4.78, 5) is 27.1. The standard InChI is InChI=1S/C22H18ClN3O5S3/c1-31-16-9-7-14(8-10-16)24-19(27)13-17-21(28)26(15-5-3-2-4-6-15)22(32-17)25-34(29,30)20-12-11-18(23)33-20/h2-12,17H,13H2,1H3,(H,24,27). The van der Waals surface area contributed by atoms with Crippen molar-refractivity contribution in [2.45, 2.75) is 15.9 Å². The highest BCUT2D eigenvalue weighted by Crippen LogP contribution is 2.36. The zero-order chi connectivity index (χ0) is 24.3. The van der Waals surface area contributed by atoms with Gasteiger partial charge < -0.3 is 10.1 Å². The van der Waals surface area contributed by atoms with Crippen molar-refractivity contribution in [1.82, 2.24) is 0 Å². The number of amides is 2. The maximum Gasteiger partial charge on any atom is 0.294 e. The number of rotatable bonds is 7. The molecule has 1 aliphatic rings. The average Bonchev–Trinajstić information content (AvgIpc) is 3.38. The zero-order valence-corrected chi connectivity index (χ0v) is 20.9. The number of hydrogen-bond acceptors (Lipinski definition) is 7. The third kappa shape index (κ3) is 5.44. The van der Waals surface area contributed by atoms with E-state index in [-0.39, 0.29) is 15.8 Å². The van der Waals surface area contributed by atoms with Crippen LogP contribution in [-0.2, 0) is 19.6 Å². The second-order valence-electron chi connectivity index (χ2n) is 7.00. The number of carbonyl (C=O) groups is 2. The Labute approximate surface area is 209 Å². The number of hydrogen-bond donors (Lipinski definition) is 1. The second-order valence-corrected chi connectivity index (χ2v) is 11.7. The molecule has 8 nitrogen and oxygen atoms in total. The lowest BCUT2D eigenvalue weighted by Crippen LogP contribution is -2.33. The van der Waals surface area contributed by atoms with E-state index in [0.29, 0.717) is 21.5 Å². The molecule has 1 fully saturated rings. The van der Waals surface area contributed by atoms with Crippen LogP contribution in [-0.4, -0.2) is 37.8 Å². The second kappa shape index (κ2) is 10.2. The van der Waals surface area contributed by atoms with E-state index in [2.05, 4.69) is 9.71 Å². The molecule has 1 N–H and O–H groups in total. The molecule has 1 saturated heterocycles. The summed E-state index contributed by atoms with van der Waals surface area (Å²) in [6.07, 6.45) is -0.164. The number of thiophene rings is 1. The lowest BCUT2D eigenvalue weighted by molar-refractivity contribution is -0.121. The molecule has 0 bridgehead atoms. The topological polar surface area (TPSA) is 105 Å². The van der Waals surface area contributed by atoms with E-state index in [4.69, 9.17) is 16.3 Å². The number of methoxy groups -OCH3 is 1. The molecule has 176 valence electrons. The predicted molar refractivity (Wildman–Crippen MR) is 135 cm³/mol. The molecule has 1 atom stereocenters. The van der Waals surface area contributed by atoms with E-state index < -0.39 is 27.1 Å². The van der Waals surface area contributed by atoms with Gasteiger partial charge in [0.1, 0.15) is 15.2 Å². The average molecular weight is 536 g/mol. The van der Waals surface area contributed by atoms with Gasteiger partial charge in [0, 0.05) is 12.1 Å². The van der Waals surface area contributed by atoms with Gasteiger partial charge in [-0.2, -0.15) is 8.42 Å². The highest BCUT2D eigenvalue weighted by molar-refractivity contribution is 8.16. The van der Waals surface area contributed by atoms with E-state index in [1.165, 1.54) is 17.0 Å². The van der Waals surface area contributed by atoms with Gasteiger partial charge in [-0.25, -0.2) is 0 Å². The van der Waals surface area contributed by atoms with Gasteiger partial charge >= 0.3 is 0 Å². The largest absolute Gasteiger partial charge is 0.497 e. The number of thioether (sulfide) groups is 1. The van der Waals surface area contributed by atoms with Crippen LogP contribution in [0.4, 0.5) is 11.4 Å². The number of nitrogens with one attached hydrogen (secondary N) is 1. The molecule has 4 rings (SSSR count). The van der Waals surface area contributed by atoms with Crippen molar-refractivity contribution in [3.05, 3.63) is 71.1 Å². The Bertz CT molecular complexity index is 1340. The molecule has 2 amide bonds. The van der Waals surface area contributed by atoms with E-state index in [9.17, 15) is 18.0 Å². The van der Waals surface area contributed by atoms with E-state index in [1.807, 2.05) is 0 Å². The van der Waals surface area contributed by atoms with Crippen molar-refractivity contribution >= 4 is 73.1 Å². The minimum Gasteiger partial charge on any atom is -0.497 e. The Morgan fingerprint density at radius 1 is 1.12 bits per heavy atom. The Balaban J connectivity index is 1.58. The van der Waals surface area contributed by atoms with Crippen molar-refractivity contribution in [3.63, 3.8) is 0 Å². The minimum atomic E-state index is -4.10. The van der Waals surface area contributed by atoms with Gasteiger partial charge in [0.25, 0.3) is 10.0 Å². The minimum absolute atomic E-state index is 0.0250. The highest BCUT2D eigenvalue weighted by atomic mass is 35.5. The number of benzene rings is 2. The number of para-hydroxylation sites is 1. The number of ether oxygens (including phenoxy) is 1. The summed E-state index contributed by atoms with van der Waals surface area (Å²) in [5, 5.41) is 1.86. The van der Waals surface area contributed by atoms with E-state index in [1.54, 1.807) is 61.7 Å². The zero-order valence-electron chi connectivity index (χ0n) is 17.7. The molecule has 0 aliphatic carbocycles. The molecule has 3 aromatic rings. The van der Waals surface area contributed by atoms with Crippen LogP contribution in [0, 0.1) is 0 Å². The molecule has 1 aliphatic heterocycles. The van der Waals surface area contributed by atoms with Crippen LogP contribution < -0.4 is 15.0 Å². The number of carbonyl (C=O) groups excluding carboxylic acids is 2. The molecule has 1 aromatic heterocycles. The molecule has 0 saturated carbocycles. The lowest BCUT2D eigenvalue weighted by Gasteiger charge is -2.16. The molecule has 2 heterocycles. The molecule has 1 unspecified atom stereocenters. The smallest absolute Gasteiger partial charge is 0.294 e. The highest BCUT2D eigenvalue weighted by Gasteiger charge is 2.41. The van der Waals surface area contributed by atoms with Crippen LogP contribution in [0.15, 0.2) is 75.3 Å². The van der Waals surface area contributed by atoms with Gasteiger partial charge in [-0.1, -0.05) is 41.6 Å². The normalized spacial score (nSPS) is 17.2. The van der Waals surface area contributed by atoms with Gasteiger partial charge in [0.15, 0.2) is 5.17 Å². The van der Waals surface area contributed by atoms with Crippen molar-refractivity contribution in [2.24, 2.45) is 4.40 Å². The van der Waals surface area contributed by atoms with Crippen molar-refractivity contribution in [1.29, 1.82) is 0 Å². The van der Waals surface area contributed by atoms with E-state index >= 15 is 0 Å². The van der Waals surface area contributed by atoms with Crippen molar-refractivity contribution in [2.75, 3.05) is 17.3 Å². The van der Waals surface area contributed by atoms with Crippen LogP contribution in [0.5, 0.6) is 5.75 Å². The molecule has 0 radical (unpaired) electrons. The predicted octanol–water partition coefficient (Wildman–Crippen LogP) is 4.63. The summed E-state index contributed by atoms with van der Waals surface area (Å²) in [6.45, 7) is 0. The summed E-state index contributed by atoms with van der Waals surface area (Å²) < 4.78 is 35.0. The molecule has 0 spiro atoms. The maximum atomic E-state index is 13.2. The first-order chi connectivity index (χ1) is 16.3. The monoisotopic (exact) mass is 535 g/mol. The summed E-state index contributed by atoms with van der Waals surface area (Å²) in [7, 11) is -2.56.